The maximum absolute atomic E-state index is 12.4. The van der Waals surface area contributed by atoms with Gasteiger partial charge in [-0.1, -0.05) is 18.6 Å². The van der Waals surface area contributed by atoms with E-state index in [4.69, 9.17) is 5.73 Å². The Balaban J connectivity index is 1.78. The standard InChI is InChI=1S/C18H24N4O/c1-12-10-13(2)22(21-12)17-9-4-3-8-16(17)20-18(23)11-14-6-5-7-15(14)19/h3-4,8-10,14-15H,5-7,11,19H2,1-2H3,(H,20,23)/t14-,15+/m0/s1. The van der Waals surface area contributed by atoms with Gasteiger partial charge >= 0.3 is 0 Å². The molecule has 3 N–H and O–H groups in total. The quantitative estimate of drug-likeness (QED) is 0.911. The van der Waals surface area contributed by atoms with Crippen molar-refractivity contribution in [1.29, 1.82) is 0 Å². The average Bonchev–Trinajstić information content (AvgIpc) is 3.05. The van der Waals surface area contributed by atoms with Gasteiger partial charge in [0.05, 0.1) is 17.1 Å². The molecule has 0 unspecified atom stereocenters. The number of hydrogen-bond acceptors (Lipinski definition) is 3. The number of carbonyl (C=O) groups excluding carboxylic acids is 1. The highest BCUT2D eigenvalue weighted by Crippen LogP contribution is 2.28. The summed E-state index contributed by atoms with van der Waals surface area (Å²) in [6, 6.07) is 9.94. The minimum atomic E-state index is 0.0290. The van der Waals surface area contributed by atoms with E-state index in [1.165, 1.54) is 0 Å². The van der Waals surface area contributed by atoms with Crippen molar-refractivity contribution in [2.75, 3.05) is 5.32 Å². The van der Waals surface area contributed by atoms with Crippen LogP contribution in [0.5, 0.6) is 0 Å². The molecule has 1 aliphatic rings. The van der Waals surface area contributed by atoms with E-state index in [1.54, 1.807) is 0 Å². The van der Waals surface area contributed by atoms with E-state index in [0.717, 1.165) is 42.0 Å². The van der Waals surface area contributed by atoms with Crippen LogP contribution in [-0.4, -0.2) is 21.7 Å². The van der Waals surface area contributed by atoms with Crippen molar-refractivity contribution in [3.63, 3.8) is 0 Å². The number of amides is 1. The lowest BCUT2D eigenvalue weighted by Crippen LogP contribution is -2.28. The van der Waals surface area contributed by atoms with Crippen LogP contribution < -0.4 is 11.1 Å². The van der Waals surface area contributed by atoms with Gasteiger partial charge in [-0.05, 0) is 50.8 Å². The fourth-order valence-electron chi connectivity index (χ4n) is 3.40. The van der Waals surface area contributed by atoms with Gasteiger partial charge in [0.2, 0.25) is 5.91 Å². The SMILES string of the molecule is Cc1cc(C)n(-c2ccccc2NC(=O)C[C@@H]2CCC[C@H]2N)n1. The summed E-state index contributed by atoms with van der Waals surface area (Å²) >= 11 is 0. The molecule has 23 heavy (non-hydrogen) atoms. The molecule has 1 fully saturated rings. The molecule has 5 nitrogen and oxygen atoms in total. The second-order valence-corrected chi connectivity index (χ2v) is 6.46. The first kappa shape index (κ1) is 15.7. The summed E-state index contributed by atoms with van der Waals surface area (Å²) in [5.74, 6) is 0.331. The Morgan fingerprint density at radius 2 is 2.13 bits per heavy atom. The summed E-state index contributed by atoms with van der Waals surface area (Å²) in [5, 5.41) is 7.55. The zero-order valence-electron chi connectivity index (χ0n) is 13.7. The third-order valence-electron chi connectivity index (χ3n) is 4.58. The zero-order valence-corrected chi connectivity index (χ0v) is 13.7. The fraction of sp³-hybridized carbons (Fsp3) is 0.444. The van der Waals surface area contributed by atoms with E-state index in [9.17, 15) is 4.79 Å². The number of rotatable bonds is 4. The second kappa shape index (κ2) is 6.54. The van der Waals surface area contributed by atoms with Crippen LogP contribution in [0.2, 0.25) is 0 Å². The number of benzene rings is 1. The van der Waals surface area contributed by atoms with Crippen molar-refractivity contribution in [3.05, 3.63) is 41.7 Å². The molecule has 2 atom stereocenters. The predicted octanol–water partition coefficient (Wildman–Crippen LogP) is 2.95. The zero-order chi connectivity index (χ0) is 16.4. The van der Waals surface area contributed by atoms with E-state index in [0.29, 0.717) is 12.3 Å². The minimum absolute atomic E-state index is 0.0290. The second-order valence-electron chi connectivity index (χ2n) is 6.46. The molecular formula is C18H24N4O. The summed E-state index contributed by atoms with van der Waals surface area (Å²) < 4.78 is 1.87. The Kier molecular flexibility index (Phi) is 4.48. The first-order chi connectivity index (χ1) is 11.0. The highest BCUT2D eigenvalue weighted by molar-refractivity contribution is 5.93. The van der Waals surface area contributed by atoms with E-state index in [1.807, 2.05) is 48.9 Å². The predicted molar refractivity (Wildman–Crippen MR) is 91.6 cm³/mol. The van der Waals surface area contributed by atoms with E-state index in [-0.39, 0.29) is 11.9 Å². The Bertz CT molecular complexity index is 707. The van der Waals surface area contributed by atoms with Gasteiger partial charge in [-0.3, -0.25) is 4.79 Å². The topological polar surface area (TPSA) is 72.9 Å². The summed E-state index contributed by atoms with van der Waals surface area (Å²) in [5.41, 5.74) is 9.75. The van der Waals surface area contributed by atoms with Crippen molar-refractivity contribution >= 4 is 11.6 Å². The molecule has 0 aliphatic heterocycles. The Labute approximate surface area is 136 Å². The van der Waals surface area contributed by atoms with Gasteiger partial charge in [-0.15, -0.1) is 0 Å². The lowest BCUT2D eigenvalue weighted by Gasteiger charge is -2.16. The molecule has 3 rings (SSSR count). The third-order valence-corrected chi connectivity index (χ3v) is 4.58. The molecule has 1 aliphatic carbocycles. The molecule has 1 heterocycles. The van der Waals surface area contributed by atoms with Gasteiger partial charge in [-0.25, -0.2) is 4.68 Å². The highest BCUT2D eigenvalue weighted by Gasteiger charge is 2.26. The molecule has 2 aromatic rings. The number of carbonyl (C=O) groups is 1. The van der Waals surface area contributed by atoms with Crippen molar-refractivity contribution < 1.29 is 4.79 Å². The molecular weight excluding hydrogens is 288 g/mol. The fourth-order valence-corrected chi connectivity index (χ4v) is 3.40. The highest BCUT2D eigenvalue weighted by atomic mass is 16.1. The molecule has 122 valence electrons. The molecule has 1 saturated carbocycles. The normalized spacial score (nSPS) is 20.7. The van der Waals surface area contributed by atoms with Crippen molar-refractivity contribution in [1.82, 2.24) is 9.78 Å². The van der Waals surface area contributed by atoms with Crippen molar-refractivity contribution in [2.45, 2.75) is 45.6 Å². The summed E-state index contributed by atoms with van der Waals surface area (Å²) in [4.78, 5) is 12.4. The number of aromatic nitrogens is 2. The molecule has 1 aromatic carbocycles. The van der Waals surface area contributed by atoms with Gasteiger partial charge in [0.15, 0.2) is 0 Å². The summed E-state index contributed by atoms with van der Waals surface area (Å²) in [6.45, 7) is 3.97. The monoisotopic (exact) mass is 312 g/mol. The lowest BCUT2D eigenvalue weighted by molar-refractivity contribution is -0.117. The number of anilines is 1. The maximum Gasteiger partial charge on any atom is 0.224 e. The van der Waals surface area contributed by atoms with Crippen molar-refractivity contribution in [3.8, 4) is 5.69 Å². The van der Waals surface area contributed by atoms with E-state index in [2.05, 4.69) is 10.4 Å². The minimum Gasteiger partial charge on any atom is -0.327 e. The van der Waals surface area contributed by atoms with Crippen LogP contribution in [-0.2, 0) is 4.79 Å². The molecule has 0 bridgehead atoms. The van der Waals surface area contributed by atoms with Crippen LogP contribution in [0, 0.1) is 19.8 Å². The van der Waals surface area contributed by atoms with E-state index < -0.39 is 0 Å². The number of aryl methyl sites for hydroxylation is 2. The van der Waals surface area contributed by atoms with Gasteiger partial charge in [0, 0.05) is 18.2 Å². The Morgan fingerprint density at radius 3 is 2.78 bits per heavy atom. The molecule has 1 aromatic heterocycles. The molecule has 0 spiro atoms. The third kappa shape index (κ3) is 3.45. The van der Waals surface area contributed by atoms with Gasteiger partial charge in [-0.2, -0.15) is 5.10 Å². The average molecular weight is 312 g/mol. The molecule has 0 radical (unpaired) electrons. The first-order valence-electron chi connectivity index (χ1n) is 8.22. The van der Waals surface area contributed by atoms with Gasteiger partial charge in [0.25, 0.3) is 0 Å². The lowest BCUT2D eigenvalue weighted by atomic mass is 10.00. The largest absolute Gasteiger partial charge is 0.327 e. The van der Waals surface area contributed by atoms with Gasteiger partial charge in [0.1, 0.15) is 0 Å². The van der Waals surface area contributed by atoms with Crippen LogP contribution in [0.4, 0.5) is 5.69 Å². The van der Waals surface area contributed by atoms with Crippen LogP contribution in [0.15, 0.2) is 30.3 Å². The first-order valence-corrected chi connectivity index (χ1v) is 8.22. The molecule has 5 heteroatoms. The van der Waals surface area contributed by atoms with Crippen LogP contribution in [0.3, 0.4) is 0 Å². The Morgan fingerprint density at radius 1 is 1.35 bits per heavy atom. The maximum atomic E-state index is 12.4. The van der Waals surface area contributed by atoms with Gasteiger partial charge < -0.3 is 11.1 Å². The molecule has 1 amide bonds. The summed E-state index contributed by atoms with van der Waals surface area (Å²) in [7, 11) is 0. The van der Waals surface area contributed by atoms with Crippen LogP contribution in [0.1, 0.15) is 37.1 Å². The van der Waals surface area contributed by atoms with Crippen molar-refractivity contribution in [2.24, 2.45) is 11.7 Å². The number of para-hydroxylation sites is 2. The van der Waals surface area contributed by atoms with Crippen LogP contribution in [0.25, 0.3) is 5.69 Å². The summed E-state index contributed by atoms with van der Waals surface area (Å²) in [6.07, 6.45) is 3.70. The number of nitrogens with zero attached hydrogens (tertiary/aromatic N) is 2. The smallest absolute Gasteiger partial charge is 0.224 e. The number of nitrogens with two attached hydrogens (primary N) is 1. The van der Waals surface area contributed by atoms with E-state index >= 15 is 0 Å². The molecule has 0 saturated heterocycles. The Hall–Kier alpha value is -2.14. The number of nitrogens with one attached hydrogen (secondary N) is 1. The number of hydrogen-bond donors (Lipinski definition) is 2. The van der Waals surface area contributed by atoms with Crippen LogP contribution >= 0.6 is 0 Å².